The van der Waals surface area contributed by atoms with Crippen molar-refractivity contribution >= 4 is 60.0 Å². The number of ether oxygens (including phenoxy) is 10. The van der Waals surface area contributed by atoms with Gasteiger partial charge in [0.2, 0.25) is 17.9 Å². The minimum Gasteiger partial charge on any atom is -0.481 e. The van der Waals surface area contributed by atoms with Crippen LogP contribution < -0.4 is 29.6 Å². The van der Waals surface area contributed by atoms with Crippen LogP contribution >= 0.6 is 12.4 Å². The van der Waals surface area contributed by atoms with Crippen LogP contribution in [0, 0.1) is 5.92 Å². The lowest BCUT2D eigenvalue weighted by Gasteiger charge is -2.61. The van der Waals surface area contributed by atoms with Crippen molar-refractivity contribution in [2.75, 3.05) is 54.4 Å². The first-order valence-corrected chi connectivity index (χ1v) is 50.4. The lowest BCUT2D eigenvalue weighted by Crippen LogP contribution is -2.74. The molecule has 4 spiro atoms. The van der Waals surface area contributed by atoms with E-state index in [1.807, 2.05) is 83.6 Å². The molecule has 4 saturated heterocycles. The fourth-order valence-corrected chi connectivity index (χ4v) is 27.6. The molecular weight excluding hydrogens is 1890 g/mol. The van der Waals surface area contributed by atoms with Crippen molar-refractivity contribution in [2.24, 2.45) is 5.92 Å². The molecule has 5 aromatic carbocycles. The first-order chi connectivity index (χ1) is 69.0. The number of aliphatic hydroxyl groups excluding tert-OH is 6. The van der Waals surface area contributed by atoms with E-state index in [1.165, 1.54) is 34.0 Å². The Kier molecular flexibility index (Phi) is 27.5. The van der Waals surface area contributed by atoms with E-state index in [4.69, 9.17) is 47.4 Å². The summed E-state index contributed by atoms with van der Waals surface area (Å²) >= 11 is 0. The summed E-state index contributed by atoms with van der Waals surface area (Å²) in [5, 5.41) is 113. The fourth-order valence-electron chi connectivity index (χ4n) is 27.6. The number of piperidine rings is 4. The summed E-state index contributed by atoms with van der Waals surface area (Å²) < 4.78 is 60.2. The Labute approximate surface area is 844 Å². The second-order valence-electron chi connectivity index (χ2n) is 42.3. The first-order valence-electron chi connectivity index (χ1n) is 50.4. The van der Waals surface area contributed by atoms with E-state index < -0.39 is 141 Å². The number of rotatable bonds is 24. The van der Waals surface area contributed by atoms with Crippen molar-refractivity contribution in [1.82, 2.24) is 40.2 Å². The van der Waals surface area contributed by atoms with Gasteiger partial charge in [0, 0.05) is 125 Å². The predicted octanol–water partition coefficient (Wildman–Crippen LogP) is 5.34. The summed E-state index contributed by atoms with van der Waals surface area (Å²) in [5.74, 6) is -1.56. The van der Waals surface area contributed by atoms with Gasteiger partial charge in [-0.1, -0.05) is 98.6 Å². The normalized spacial score (nSPS) is 31.5. The zero-order valence-electron chi connectivity index (χ0n) is 82.7. The Balaban J connectivity index is 0.000000122. The number of carbonyl (C=O) groups excluding carboxylic acids is 8. The van der Waals surface area contributed by atoms with E-state index in [-0.39, 0.29) is 99.4 Å². The molecule has 37 heteroatoms. The molecule has 0 unspecified atom stereocenters. The predicted molar refractivity (Wildman–Crippen MR) is 518 cm³/mol. The van der Waals surface area contributed by atoms with Crippen molar-refractivity contribution in [1.29, 1.82) is 0 Å². The largest absolute Gasteiger partial charge is 0.481 e. The maximum atomic E-state index is 13.5. The highest BCUT2D eigenvalue weighted by Gasteiger charge is 2.77. The minimum atomic E-state index is -1.42. The highest BCUT2D eigenvalue weighted by atomic mass is 35.5. The van der Waals surface area contributed by atoms with Gasteiger partial charge in [0.1, 0.15) is 70.3 Å². The van der Waals surface area contributed by atoms with E-state index >= 15 is 0 Å². The summed E-state index contributed by atoms with van der Waals surface area (Å²) in [6.07, 6.45) is 13.1. The number of aliphatic hydroxyl groups is 10. The number of imidazole rings is 1. The van der Waals surface area contributed by atoms with Crippen LogP contribution in [0.2, 0.25) is 0 Å². The van der Waals surface area contributed by atoms with Gasteiger partial charge in [-0.2, -0.15) is 0 Å². The smallest absolute Gasteiger partial charge is 0.357 e. The molecule has 8 bridgehead atoms. The highest BCUT2D eigenvalue weighted by Crippen LogP contribution is 2.70. The van der Waals surface area contributed by atoms with Gasteiger partial charge in [-0.3, -0.25) is 14.4 Å². The molecule has 17 aliphatic rings. The molecule has 9 aliphatic carbocycles. The zero-order chi connectivity index (χ0) is 102. The molecular formula is C108H129ClN8O28. The van der Waals surface area contributed by atoms with Crippen molar-refractivity contribution < 1.29 is 137 Å². The van der Waals surface area contributed by atoms with E-state index in [0.29, 0.717) is 157 Å². The van der Waals surface area contributed by atoms with Crippen LogP contribution in [-0.4, -0.2) is 284 Å². The SMILES string of the molecule is CCCC(=O)N[C@@H](Cc1cnc[nH]1)C(=O)OC1=CC[C@@]2(O)[C@H]3Cc4ccc(CO)c5c4[C@@]2(CCN3C)[C@H]1O5.C[C@H](O)C(=O)N[C@@H](C)C(=O)OC1=CC[C@@]2(O)[C@H]3Cc4ccc(CO)c5c4[C@@]2(CCN3C)[C@H]1O5.C[C@H](O)C(=O)O[C@H](C(=O)OC1=CC[C@@]2(O)[C@H]3Cc4ccc(CO)c5c4[C@@]2(CCN3C)[C@H]1O5)c1ccccc1.C[C@H](OC(=O)C1CCCC1)C(=O)OC1=CC[C@@]2(O)[C@H]3Cc4ccc(CO)c5c4[C@@]2(CCN3C)[C@H]1O5.Cl. The van der Waals surface area contributed by atoms with Gasteiger partial charge in [-0.25, -0.2) is 29.0 Å². The second-order valence-corrected chi connectivity index (χ2v) is 42.3. The number of amides is 2. The molecule has 13 N–H and O–H groups in total. The molecule has 776 valence electrons. The molecule has 22 atom stereocenters. The number of aromatic amines is 1. The Morgan fingerprint density at radius 3 is 1.18 bits per heavy atom. The summed E-state index contributed by atoms with van der Waals surface area (Å²) in [6, 6.07) is 21.6. The van der Waals surface area contributed by atoms with Crippen LogP contribution in [0.3, 0.4) is 0 Å². The average molecular weight is 2020 g/mol. The third kappa shape index (κ3) is 16.0. The Bertz CT molecular complexity index is 6260. The van der Waals surface area contributed by atoms with Gasteiger partial charge < -0.3 is 134 Å². The fraction of sp³-hybridized carbons (Fsp3) is 0.546. The molecule has 1 saturated carbocycles. The number of benzene rings is 5. The summed E-state index contributed by atoms with van der Waals surface area (Å²) in [7, 11) is 8.09. The Morgan fingerprint density at radius 1 is 0.469 bits per heavy atom. The number of likely N-dealkylation sites (tertiary alicyclic amines) is 4. The minimum absolute atomic E-state index is 0. The molecule has 9 heterocycles. The highest BCUT2D eigenvalue weighted by molar-refractivity contribution is 5.88. The van der Waals surface area contributed by atoms with Crippen LogP contribution in [0.5, 0.6) is 23.0 Å². The van der Waals surface area contributed by atoms with Crippen LogP contribution in [-0.2, 0) is 147 Å². The van der Waals surface area contributed by atoms with E-state index in [2.05, 4.69) is 40.2 Å². The average Bonchev–Trinajstić information content (AvgIpc) is 1.56. The van der Waals surface area contributed by atoms with Gasteiger partial charge in [0.05, 0.1) is 82.7 Å². The van der Waals surface area contributed by atoms with Crippen LogP contribution in [0.1, 0.15) is 209 Å². The monoisotopic (exact) mass is 2020 g/mol. The first kappa shape index (κ1) is 103. The maximum absolute atomic E-state index is 13.5. The van der Waals surface area contributed by atoms with Crippen LogP contribution in [0.15, 0.2) is 139 Å². The number of hydrogen-bond acceptors (Lipinski definition) is 33. The van der Waals surface area contributed by atoms with Crippen molar-refractivity contribution in [3.8, 4) is 23.0 Å². The van der Waals surface area contributed by atoms with E-state index in [1.54, 1.807) is 60.8 Å². The summed E-state index contributed by atoms with van der Waals surface area (Å²) in [4.78, 5) is 118. The number of halogens is 1. The molecule has 145 heavy (non-hydrogen) atoms. The standard InChI is InChI=1S/C29H31NO8.C28H34N4O6.C27H33NO7.C24H30N2O7.ClH/c1-16(32)26(33)38-24(17-6-4-3-5-7-17)27(34)36-20-10-11-29(35)21-14-18-8-9-19(15-31)23-22(18)28(29,25(20)37-23)12-13-30(21)2;1-3-4-22(34)31-19(12-18-13-29-15-30-18)26(35)37-20-7-8-28(36)21-11-16-5-6-17(14-33)24-23(16)27(28,25(20)38-24)9-10-32(21)2;1-15(33-25(31)16-5-3-4-6-16)24(30)34-19-9-10-27(32)20-13-17-7-8-18(14-29)22-21(17)26(27,23(19)35-22)11-12-28(20)2;1-12(25-21(29)13(2)28)22(30)32-16-6-7-24(31)17-10-14-4-5-15(11-27)19-18(14)23(24,20(16)33-19)8-9-26(17)3;/h3-10,16,21,24-25,31-32,35H,11-15H2,1-2H3;5-7,13,15,19,21,25,33,36H,3-4,8-12,14H2,1-2H3,(H,29,30)(H,31,34);7-9,15-16,20,23,29,32H,3-6,10-14H2,1-2H3;4-6,12-13,17,20,27-28,31H,7-11H2,1-3H3,(H,25,29);1H/t16-,21+,24-,25-,28-,29+;19-,21+,25-,27-,28+;15-,20+,23-,26-,27+;12-,13-,17+,20-,23-,24+;/m0000./s1. The Morgan fingerprint density at radius 2 is 0.834 bits per heavy atom. The second kappa shape index (κ2) is 38.9. The van der Waals surface area contributed by atoms with E-state index in [9.17, 15) is 89.4 Å². The van der Waals surface area contributed by atoms with Gasteiger partial charge in [-0.15, -0.1) is 12.4 Å². The number of nitrogens with one attached hydrogen (secondary N) is 3. The maximum Gasteiger partial charge on any atom is 0.357 e. The van der Waals surface area contributed by atoms with Crippen LogP contribution in [0.25, 0.3) is 0 Å². The number of nitrogens with zero attached hydrogens (tertiary/aromatic N) is 5. The molecule has 36 nitrogen and oxygen atoms in total. The number of H-pyrrole nitrogens is 1. The molecule has 1 aromatic heterocycles. The molecule has 6 aromatic rings. The number of likely N-dealkylation sites (N-methyl/N-ethyl adjacent to an activating group) is 4. The number of aromatic nitrogens is 2. The lowest BCUT2D eigenvalue weighted by atomic mass is 9.50. The molecule has 2 amide bonds. The molecule has 0 radical (unpaired) electrons. The lowest BCUT2D eigenvalue weighted by molar-refractivity contribution is -0.178. The number of hydrogen-bond donors (Lipinski definition) is 13. The van der Waals surface area contributed by atoms with Crippen molar-refractivity contribution in [3.05, 3.63) is 217 Å². The van der Waals surface area contributed by atoms with Gasteiger partial charge in [0.25, 0.3) is 0 Å². The van der Waals surface area contributed by atoms with Gasteiger partial charge >= 0.3 is 35.8 Å². The third-order valence-corrected chi connectivity index (χ3v) is 34.8. The quantitative estimate of drug-likeness (QED) is 0.0268. The zero-order valence-corrected chi connectivity index (χ0v) is 83.5. The Hall–Kier alpha value is -11.0. The molecule has 8 aliphatic heterocycles. The van der Waals surface area contributed by atoms with Gasteiger partial charge in [0.15, 0.2) is 30.5 Å². The van der Waals surface area contributed by atoms with E-state index in [0.717, 1.165) is 96.4 Å². The van der Waals surface area contributed by atoms with Crippen molar-refractivity contribution in [2.45, 2.75) is 312 Å². The van der Waals surface area contributed by atoms with Crippen LogP contribution in [0.4, 0.5) is 0 Å². The van der Waals surface area contributed by atoms with Crippen molar-refractivity contribution in [3.63, 3.8) is 0 Å². The van der Waals surface area contributed by atoms with Gasteiger partial charge in [-0.05, 0) is 199 Å². The number of esters is 6. The topological polar surface area (TPSA) is 497 Å². The summed E-state index contributed by atoms with van der Waals surface area (Å²) in [6.45, 7) is 9.69. The molecule has 23 rings (SSSR count). The third-order valence-electron chi connectivity index (χ3n) is 34.8. The summed E-state index contributed by atoms with van der Waals surface area (Å²) in [5.41, 5.74) is 4.00. The number of carbonyl (C=O) groups is 8. The molecule has 5 fully saturated rings.